The number of aromatic nitrogens is 2. The van der Waals surface area contributed by atoms with Gasteiger partial charge in [0.05, 0.1) is 12.5 Å². The molecule has 4 rings (SSSR count). The molecule has 0 aliphatic heterocycles. The van der Waals surface area contributed by atoms with E-state index in [0.29, 0.717) is 24.2 Å². The van der Waals surface area contributed by atoms with Crippen molar-refractivity contribution >= 4 is 5.91 Å². The average molecular weight is 353 g/mol. The Hall–Kier alpha value is -2.17. The van der Waals surface area contributed by atoms with Crippen molar-refractivity contribution in [1.82, 2.24) is 15.0 Å². The zero-order valence-corrected chi connectivity index (χ0v) is 15.4. The number of carbonyl (C=O) groups is 1. The van der Waals surface area contributed by atoms with Crippen LogP contribution in [0.5, 0.6) is 0 Å². The minimum absolute atomic E-state index is 0.0679. The molecule has 2 aliphatic carbocycles. The molecule has 1 atom stereocenters. The zero-order valence-electron chi connectivity index (χ0n) is 15.4. The van der Waals surface area contributed by atoms with Crippen LogP contribution < -0.4 is 0 Å². The van der Waals surface area contributed by atoms with Crippen molar-refractivity contribution in [2.45, 2.75) is 63.3 Å². The molecule has 0 bridgehead atoms. The lowest BCUT2D eigenvalue weighted by Gasteiger charge is -2.27. The molecule has 0 unspecified atom stereocenters. The van der Waals surface area contributed by atoms with Crippen molar-refractivity contribution in [3.05, 3.63) is 47.6 Å². The number of amides is 1. The Morgan fingerprint density at radius 3 is 2.54 bits per heavy atom. The molecule has 1 amide bonds. The molecular formula is C21H27N3O2. The summed E-state index contributed by atoms with van der Waals surface area (Å²) in [4.78, 5) is 19.6. The Morgan fingerprint density at radius 2 is 1.88 bits per heavy atom. The fourth-order valence-corrected chi connectivity index (χ4v) is 4.25. The maximum absolute atomic E-state index is 13.3. The predicted octanol–water partition coefficient (Wildman–Crippen LogP) is 4.27. The first-order valence-corrected chi connectivity index (χ1v) is 9.85. The van der Waals surface area contributed by atoms with Gasteiger partial charge in [-0.15, -0.1) is 0 Å². The second-order valence-corrected chi connectivity index (χ2v) is 7.80. The van der Waals surface area contributed by atoms with Crippen LogP contribution in [0, 0.1) is 5.92 Å². The third-order valence-electron chi connectivity index (χ3n) is 5.99. The summed E-state index contributed by atoms with van der Waals surface area (Å²) in [5.74, 6) is 2.30. The lowest BCUT2D eigenvalue weighted by Crippen LogP contribution is -2.34. The van der Waals surface area contributed by atoms with Crippen molar-refractivity contribution in [1.29, 1.82) is 0 Å². The molecule has 0 spiro atoms. The molecular weight excluding hydrogens is 326 g/mol. The van der Waals surface area contributed by atoms with Gasteiger partial charge >= 0.3 is 0 Å². The van der Waals surface area contributed by atoms with E-state index in [2.05, 4.69) is 22.3 Å². The first-order valence-electron chi connectivity index (χ1n) is 9.85. The number of nitrogens with zero attached hydrogens (tertiary/aromatic N) is 3. The van der Waals surface area contributed by atoms with Crippen LogP contribution in [-0.4, -0.2) is 28.0 Å². The molecule has 0 N–H and O–H groups in total. The molecule has 5 nitrogen and oxygen atoms in total. The van der Waals surface area contributed by atoms with Crippen molar-refractivity contribution in [2.24, 2.45) is 5.92 Å². The van der Waals surface area contributed by atoms with Crippen LogP contribution in [0.1, 0.15) is 74.1 Å². The highest BCUT2D eigenvalue weighted by molar-refractivity contribution is 5.83. The summed E-state index contributed by atoms with van der Waals surface area (Å²) in [5, 5.41) is 4.09. The summed E-state index contributed by atoms with van der Waals surface area (Å²) in [6.45, 7) is 0.408. The second kappa shape index (κ2) is 7.60. The SMILES string of the molecule is CN(Cc1noc(C2CCC2)n1)C(=O)[C@H](c1ccccc1)C1CCCC1. The molecule has 5 heteroatoms. The number of benzene rings is 1. The highest BCUT2D eigenvalue weighted by Crippen LogP contribution is 2.39. The van der Waals surface area contributed by atoms with Gasteiger partial charge in [-0.25, -0.2) is 0 Å². The van der Waals surface area contributed by atoms with Crippen LogP contribution in [0.25, 0.3) is 0 Å². The first-order chi connectivity index (χ1) is 12.7. The maximum atomic E-state index is 13.3. The van der Waals surface area contributed by atoms with Crippen LogP contribution in [-0.2, 0) is 11.3 Å². The number of hydrogen-bond donors (Lipinski definition) is 0. The quantitative estimate of drug-likeness (QED) is 0.778. The van der Waals surface area contributed by atoms with Gasteiger partial charge in [-0.3, -0.25) is 4.79 Å². The average Bonchev–Trinajstić information content (AvgIpc) is 3.27. The van der Waals surface area contributed by atoms with Crippen molar-refractivity contribution in [2.75, 3.05) is 7.05 Å². The monoisotopic (exact) mass is 353 g/mol. The van der Waals surface area contributed by atoms with E-state index in [0.717, 1.165) is 37.1 Å². The smallest absolute Gasteiger partial charge is 0.230 e. The topological polar surface area (TPSA) is 59.2 Å². The molecule has 1 aromatic heterocycles. The Bertz CT molecular complexity index is 733. The zero-order chi connectivity index (χ0) is 17.9. The van der Waals surface area contributed by atoms with Gasteiger partial charge in [-0.05, 0) is 37.2 Å². The van der Waals surface area contributed by atoms with Crippen LogP contribution in [0.4, 0.5) is 0 Å². The summed E-state index contributed by atoms with van der Waals surface area (Å²) >= 11 is 0. The van der Waals surface area contributed by atoms with E-state index in [1.54, 1.807) is 4.90 Å². The predicted molar refractivity (Wildman–Crippen MR) is 98.5 cm³/mol. The van der Waals surface area contributed by atoms with E-state index in [4.69, 9.17) is 4.52 Å². The van der Waals surface area contributed by atoms with Crippen LogP contribution >= 0.6 is 0 Å². The fourth-order valence-electron chi connectivity index (χ4n) is 4.25. The van der Waals surface area contributed by atoms with Crippen LogP contribution in [0.15, 0.2) is 34.9 Å². The lowest BCUT2D eigenvalue weighted by molar-refractivity contribution is -0.133. The summed E-state index contributed by atoms with van der Waals surface area (Å²) in [5.41, 5.74) is 1.12. The normalized spacial score (nSPS) is 19.3. The molecule has 1 heterocycles. The molecule has 2 aromatic rings. The minimum atomic E-state index is -0.0679. The van der Waals surface area contributed by atoms with Gasteiger partial charge in [0, 0.05) is 13.0 Å². The molecule has 0 radical (unpaired) electrons. The Balaban J connectivity index is 1.48. The van der Waals surface area contributed by atoms with E-state index in [1.165, 1.54) is 19.3 Å². The lowest BCUT2D eigenvalue weighted by atomic mass is 9.84. The standard InChI is InChI=1S/C21H27N3O2/c1-24(14-18-22-20(26-23-18)17-12-7-13-17)21(25)19(16-10-5-6-11-16)15-8-3-2-4-9-15/h2-4,8-9,16-17,19H,5-7,10-14H2,1H3/t19-/m1/s1. The van der Waals surface area contributed by atoms with Crippen molar-refractivity contribution in [3.63, 3.8) is 0 Å². The van der Waals surface area contributed by atoms with Crippen molar-refractivity contribution in [3.8, 4) is 0 Å². The maximum Gasteiger partial charge on any atom is 0.230 e. The van der Waals surface area contributed by atoms with Gasteiger partial charge in [0.25, 0.3) is 0 Å². The van der Waals surface area contributed by atoms with Gasteiger partial charge in [0.1, 0.15) is 0 Å². The molecule has 2 aliphatic rings. The highest BCUT2D eigenvalue weighted by atomic mass is 16.5. The Labute approximate surface area is 154 Å². The van der Waals surface area contributed by atoms with Gasteiger partial charge < -0.3 is 9.42 Å². The van der Waals surface area contributed by atoms with E-state index >= 15 is 0 Å². The number of rotatable bonds is 6. The summed E-state index contributed by atoms with van der Waals surface area (Å²) in [6, 6.07) is 10.2. The molecule has 2 fully saturated rings. The number of likely N-dealkylation sites (N-methyl/N-ethyl adjacent to an activating group) is 1. The molecule has 138 valence electrons. The van der Waals surface area contributed by atoms with Gasteiger partial charge in [-0.1, -0.05) is 54.8 Å². The van der Waals surface area contributed by atoms with Gasteiger partial charge in [0.15, 0.2) is 5.82 Å². The largest absolute Gasteiger partial charge is 0.339 e. The number of hydrogen-bond acceptors (Lipinski definition) is 4. The van der Waals surface area contributed by atoms with E-state index in [9.17, 15) is 4.79 Å². The molecule has 26 heavy (non-hydrogen) atoms. The summed E-state index contributed by atoms with van der Waals surface area (Å²) in [6.07, 6.45) is 8.21. The highest BCUT2D eigenvalue weighted by Gasteiger charge is 2.34. The van der Waals surface area contributed by atoms with Crippen LogP contribution in [0.2, 0.25) is 0 Å². The minimum Gasteiger partial charge on any atom is -0.339 e. The van der Waals surface area contributed by atoms with Gasteiger partial charge in [0.2, 0.25) is 11.8 Å². The Morgan fingerprint density at radius 1 is 1.15 bits per heavy atom. The Kier molecular flexibility index (Phi) is 5.05. The first kappa shape index (κ1) is 17.3. The third-order valence-corrected chi connectivity index (χ3v) is 5.99. The second-order valence-electron chi connectivity index (χ2n) is 7.80. The van der Waals surface area contributed by atoms with Gasteiger partial charge in [-0.2, -0.15) is 4.98 Å². The molecule has 0 saturated heterocycles. The van der Waals surface area contributed by atoms with E-state index in [-0.39, 0.29) is 11.8 Å². The molecule has 1 aromatic carbocycles. The summed E-state index contributed by atoms with van der Waals surface area (Å²) < 4.78 is 5.40. The van der Waals surface area contributed by atoms with Crippen LogP contribution in [0.3, 0.4) is 0 Å². The van der Waals surface area contributed by atoms with Crippen molar-refractivity contribution < 1.29 is 9.32 Å². The molecule has 2 saturated carbocycles. The summed E-state index contributed by atoms with van der Waals surface area (Å²) in [7, 11) is 1.85. The van der Waals surface area contributed by atoms with E-state index < -0.39 is 0 Å². The third kappa shape index (κ3) is 3.53. The van der Waals surface area contributed by atoms with E-state index in [1.807, 2.05) is 25.2 Å². The number of carbonyl (C=O) groups excluding carboxylic acids is 1. The fraction of sp³-hybridized carbons (Fsp3) is 0.571.